The number of hydrogen-bond acceptors (Lipinski definition) is 3. The van der Waals surface area contributed by atoms with Crippen LogP contribution in [0.3, 0.4) is 0 Å². The number of halogens is 1. The van der Waals surface area contributed by atoms with Crippen LogP contribution in [0.2, 0.25) is 0 Å². The van der Waals surface area contributed by atoms with E-state index in [1.807, 2.05) is 55.5 Å². The van der Waals surface area contributed by atoms with Gasteiger partial charge in [-0.3, -0.25) is 9.59 Å². The summed E-state index contributed by atoms with van der Waals surface area (Å²) >= 11 is 3.42. The van der Waals surface area contributed by atoms with Crippen LogP contribution in [0.15, 0.2) is 57.4 Å². The molecule has 0 aliphatic heterocycles. The van der Waals surface area contributed by atoms with E-state index in [9.17, 15) is 9.59 Å². The van der Waals surface area contributed by atoms with Gasteiger partial charge in [0.25, 0.3) is 5.91 Å². The second-order valence-corrected chi connectivity index (χ2v) is 6.88. The zero-order chi connectivity index (χ0) is 18.5. The number of benzene rings is 2. The number of nitrogens with one attached hydrogen (secondary N) is 2. The van der Waals surface area contributed by atoms with Crippen LogP contribution in [0.1, 0.15) is 21.7 Å². The minimum absolute atomic E-state index is 0.0739. The van der Waals surface area contributed by atoms with Crippen molar-refractivity contribution in [3.8, 4) is 0 Å². The second-order valence-electron chi connectivity index (χ2n) is 5.96. The first-order valence-electron chi connectivity index (χ1n) is 8.32. The smallest absolute Gasteiger partial charge is 0.287 e. The molecule has 0 bridgehead atoms. The van der Waals surface area contributed by atoms with Gasteiger partial charge in [0.05, 0.1) is 6.42 Å². The maximum Gasteiger partial charge on any atom is 0.287 e. The van der Waals surface area contributed by atoms with Gasteiger partial charge in [0, 0.05) is 28.5 Å². The monoisotopic (exact) mass is 414 g/mol. The van der Waals surface area contributed by atoms with E-state index in [0.29, 0.717) is 30.9 Å². The molecule has 2 N–H and O–H groups in total. The third-order valence-electron chi connectivity index (χ3n) is 4.04. The van der Waals surface area contributed by atoms with Crippen LogP contribution in [-0.2, 0) is 11.2 Å². The molecule has 0 fully saturated rings. The molecular formula is C20H19BrN2O3. The van der Waals surface area contributed by atoms with Gasteiger partial charge in [0.1, 0.15) is 5.58 Å². The van der Waals surface area contributed by atoms with Crippen molar-refractivity contribution in [2.24, 2.45) is 0 Å². The van der Waals surface area contributed by atoms with Crippen molar-refractivity contribution < 1.29 is 14.0 Å². The SMILES string of the molecule is Cc1c(C(=O)NCCNC(=O)Cc2ccccc2)oc2ccc(Br)cc12. The first-order valence-corrected chi connectivity index (χ1v) is 9.11. The number of aryl methyl sites for hydroxylation is 1. The largest absolute Gasteiger partial charge is 0.451 e. The van der Waals surface area contributed by atoms with E-state index in [4.69, 9.17) is 4.42 Å². The van der Waals surface area contributed by atoms with Gasteiger partial charge in [0.15, 0.2) is 5.76 Å². The Balaban J connectivity index is 1.50. The molecule has 0 aliphatic carbocycles. The van der Waals surface area contributed by atoms with Crippen LogP contribution in [0.5, 0.6) is 0 Å². The minimum Gasteiger partial charge on any atom is -0.451 e. The summed E-state index contributed by atoms with van der Waals surface area (Å²) in [6.45, 7) is 2.55. The third kappa shape index (κ3) is 4.32. The topological polar surface area (TPSA) is 71.3 Å². The first kappa shape index (κ1) is 18.2. The Morgan fingerprint density at radius 3 is 2.54 bits per heavy atom. The van der Waals surface area contributed by atoms with Crippen LogP contribution >= 0.6 is 15.9 Å². The Bertz CT molecular complexity index is 935. The van der Waals surface area contributed by atoms with Crippen molar-refractivity contribution in [1.82, 2.24) is 10.6 Å². The number of carbonyl (C=O) groups is 2. The Labute approximate surface area is 159 Å². The summed E-state index contributed by atoms with van der Waals surface area (Å²) in [4.78, 5) is 24.2. The van der Waals surface area contributed by atoms with E-state index < -0.39 is 0 Å². The lowest BCUT2D eigenvalue weighted by Crippen LogP contribution is -2.35. The number of rotatable bonds is 6. The standard InChI is InChI=1S/C20H19BrN2O3/c1-13-16-12-15(21)7-8-17(16)26-19(13)20(25)23-10-9-22-18(24)11-14-5-3-2-4-6-14/h2-8,12H,9-11H2,1H3,(H,22,24)(H,23,25). The van der Waals surface area contributed by atoms with Crippen molar-refractivity contribution >= 4 is 38.7 Å². The molecule has 2 amide bonds. The molecule has 1 aromatic heterocycles. The molecule has 2 aromatic carbocycles. The summed E-state index contributed by atoms with van der Waals surface area (Å²) in [5, 5.41) is 6.48. The van der Waals surface area contributed by atoms with E-state index in [1.165, 1.54) is 0 Å². The van der Waals surface area contributed by atoms with Gasteiger partial charge in [0.2, 0.25) is 5.91 Å². The van der Waals surface area contributed by atoms with Crippen LogP contribution < -0.4 is 10.6 Å². The number of furan rings is 1. The maximum absolute atomic E-state index is 12.3. The molecular weight excluding hydrogens is 396 g/mol. The minimum atomic E-state index is -0.285. The molecule has 134 valence electrons. The quantitative estimate of drug-likeness (QED) is 0.605. The molecule has 6 heteroatoms. The summed E-state index contributed by atoms with van der Waals surface area (Å²) < 4.78 is 6.58. The Morgan fingerprint density at radius 2 is 1.77 bits per heavy atom. The zero-order valence-corrected chi connectivity index (χ0v) is 15.9. The molecule has 0 unspecified atom stereocenters. The lowest BCUT2D eigenvalue weighted by molar-refractivity contribution is -0.120. The molecule has 0 saturated heterocycles. The van der Waals surface area contributed by atoms with Gasteiger partial charge < -0.3 is 15.1 Å². The predicted molar refractivity (Wildman–Crippen MR) is 104 cm³/mol. The molecule has 0 atom stereocenters. The molecule has 0 aliphatic rings. The van der Waals surface area contributed by atoms with E-state index in [0.717, 1.165) is 21.0 Å². The van der Waals surface area contributed by atoms with Crippen molar-refractivity contribution in [2.75, 3.05) is 13.1 Å². The van der Waals surface area contributed by atoms with E-state index in [-0.39, 0.29) is 11.8 Å². The first-order chi connectivity index (χ1) is 12.5. The van der Waals surface area contributed by atoms with Crippen molar-refractivity contribution in [1.29, 1.82) is 0 Å². The lowest BCUT2D eigenvalue weighted by atomic mass is 10.1. The Hall–Kier alpha value is -2.60. The highest BCUT2D eigenvalue weighted by atomic mass is 79.9. The average molecular weight is 415 g/mol. The highest BCUT2D eigenvalue weighted by Gasteiger charge is 2.17. The third-order valence-corrected chi connectivity index (χ3v) is 4.54. The zero-order valence-electron chi connectivity index (χ0n) is 14.3. The summed E-state index contributed by atoms with van der Waals surface area (Å²) in [7, 11) is 0. The lowest BCUT2D eigenvalue weighted by Gasteiger charge is -2.06. The fourth-order valence-electron chi connectivity index (χ4n) is 2.71. The summed E-state index contributed by atoms with van der Waals surface area (Å²) in [5.74, 6) is -0.0592. The molecule has 3 rings (SSSR count). The maximum atomic E-state index is 12.3. The van der Waals surface area contributed by atoms with Gasteiger partial charge in [-0.25, -0.2) is 0 Å². The van der Waals surface area contributed by atoms with E-state index in [1.54, 1.807) is 0 Å². The van der Waals surface area contributed by atoms with Gasteiger partial charge in [-0.2, -0.15) is 0 Å². The summed E-state index contributed by atoms with van der Waals surface area (Å²) in [6.07, 6.45) is 0.326. The summed E-state index contributed by atoms with van der Waals surface area (Å²) in [6, 6.07) is 15.1. The molecule has 5 nitrogen and oxygen atoms in total. The molecule has 3 aromatic rings. The summed E-state index contributed by atoms with van der Waals surface area (Å²) in [5.41, 5.74) is 2.43. The van der Waals surface area contributed by atoms with Gasteiger partial charge in [-0.1, -0.05) is 46.3 Å². The predicted octanol–water partition coefficient (Wildman–Crippen LogP) is 3.59. The van der Waals surface area contributed by atoms with Crippen LogP contribution in [0.4, 0.5) is 0 Å². The number of amides is 2. The van der Waals surface area contributed by atoms with Gasteiger partial charge in [-0.05, 0) is 30.7 Å². The normalized spacial score (nSPS) is 10.7. The number of fused-ring (bicyclic) bond motifs is 1. The molecule has 1 heterocycles. The van der Waals surface area contributed by atoms with Crippen LogP contribution in [-0.4, -0.2) is 24.9 Å². The fraction of sp³-hybridized carbons (Fsp3) is 0.200. The van der Waals surface area contributed by atoms with Crippen molar-refractivity contribution in [2.45, 2.75) is 13.3 Å². The van der Waals surface area contributed by atoms with Crippen molar-refractivity contribution in [3.05, 3.63) is 69.9 Å². The number of hydrogen-bond donors (Lipinski definition) is 2. The number of carbonyl (C=O) groups excluding carboxylic acids is 2. The molecule has 0 saturated carbocycles. The van der Waals surface area contributed by atoms with Crippen LogP contribution in [0, 0.1) is 6.92 Å². The second kappa shape index (κ2) is 8.19. The highest BCUT2D eigenvalue weighted by Crippen LogP contribution is 2.27. The van der Waals surface area contributed by atoms with Crippen LogP contribution in [0.25, 0.3) is 11.0 Å². The molecule has 26 heavy (non-hydrogen) atoms. The Kier molecular flexibility index (Phi) is 5.73. The highest BCUT2D eigenvalue weighted by molar-refractivity contribution is 9.10. The van der Waals surface area contributed by atoms with Gasteiger partial charge in [-0.15, -0.1) is 0 Å². The average Bonchev–Trinajstić information content (AvgIpc) is 2.96. The van der Waals surface area contributed by atoms with E-state index >= 15 is 0 Å². The molecule has 0 radical (unpaired) electrons. The molecule has 0 spiro atoms. The van der Waals surface area contributed by atoms with E-state index in [2.05, 4.69) is 26.6 Å². The van der Waals surface area contributed by atoms with Crippen molar-refractivity contribution in [3.63, 3.8) is 0 Å². The van der Waals surface area contributed by atoms with Gasteiger partial charge >= 0.3 is 0 Å². The fourth-order valence-corrected chi connectivity index (χ4v) is 3.07. The Morgan fingerprint density at radius 1 is 1.04 bits per heavy atom.